The maximum atomic E-state index is 12.5. The minimum absolute atomic E-state index is 0.202. The van der Waals surface area contributed by atoms with E-state index in [4.69, 9.17) is 14.2 Å². The summed E-state index contributed by atoms with van der Waals surface area (Å²) in [5.74, 6) is 0.196. The summed E-state index contributed by atoms with van der Waals surface area (Å²) in [6, 6.07) is 20.2. The summed E-state index contributed by atoms with van der Waals surface area (Å²) in [4.78, 5) is 28.7. The van der Waals surface area contributed by atoms with Gasteiger partial charge >= 0.3 is 11.9 Å². The second-order valence-electron chi connectivity index (χ2n) is 11.1. The number of carbonyl (C=O) groups excluding carboxylic acids is 2. The molecule has 0 aromatic heterocycles. The Hall–Kier alpha value is -3.84. The highest BCUT2D eigenvalue weighted by atomic mass is 16.6. The van der Waals surface area contributed by atoms with E-state index in [2.05, 4.69) is 41.0 Å². The van der Waals surface area contributed by atoms with Gasteiger partial charge < -0.3 is 24.0 Å². The quantitative estimate of drug-likeness (QED) is 0.156. The Kier molecular flexibility index (Phi) is 11.4. The third-order valence-electron chi connectivity index (χ3n) is 7.51. The molecule has 1 aliphatic rings. The highest BCUT2D eigenvalue weighted by Crippen LogP contribution is 2.37. The molecule has 1 heterocycles. The van der Waals surface area contributed by atoms with E-state index in [-0.39, 0.29) is 25.2 Å². The molecule has 224 valence electrons. The van der Waals surface area contributed by atoms with Gasteiger partial charge in [0.05, 0.1) is 12.2 Å². The molecule has 0 aliphatic carbocycles. The summed E-state index contributed by atoms with van der Waals surface area (Å²) >= 11 is 0. The summed E-state index contributed by atoms with van der Waals surface area (Å²) < 4.78 is 16.8. The van der Waals surface area contributed by atoms with Gasteiger partial charge in [-0.05, 0) is 112 Å². The zero-order valence-electron chi connectivity index (χ0n) is 25.5. The molecule has 0 radical (unpaired) electrons. The number of nitrogens with zero attached hydrogens (tertiary/aromatic N) is 2. The fourth-order valence-electron chi connectivity index (χ4n) is 5.18. The Labute approximate surface area is 250 Å². The second-order valence-corrected chi connectivity index (χ2v) is 11.1. The highest BCUT2D eigenvalue weighted by molar-refractivity contribution is 5.90. The molecule has 1 aliphatic heterocycles. The van der Waals surface area contributed by atoms with Gasteiger partial charge in [-0.1, -0.05) is 31.2 Å². The SMILES string of the molecule is CCC(=O)OCCOc1ccc(-c2ccc(C(=O)OCCCCN(C)C)cc2)cc1-c1ccc(N2CCCC2)c(C)c1. The molecular formula is C35H44N2O5. The average Bonchev–Trinajstić information content (AvgIpc) is 3.53. The molecule has 1 fully saturated rings. The van der Waals surface area contributed by atoms with Gasteiger partial charge in [-0.3, -0.25) is 4.79 Å². The number of hydrogen-bond donors (Lipinski definition) is 0. The largest absolute Gasteiger partial charge is 0.489 e. The molecule has 0 unspecified atom stereocenters. The topological polar surface area (TPSA) is 68.3 Å². The average molecular weight is 573 g/mol. The van der Waals surface area contributed by atoms with Gasteiger partial charge in [0.15, 0.2) is 0 Å². The predicted molar refractivity (Wildman–Crippen MR) is 168 cm³/mol. The van der Waals surface area contributed by atoms with Crippen molar-refractivity contribution in [3.8, 4) is 28.0 Å². The molecule has 0 bridgehead atoms. The Morgan fingerprint density at radius 3 is 2.21 bits per heavy atom. The summed E-state index contributed by atoms with van der Waals surface area (Å²) in [6.45, 7) is 8.01. The van der Waals surface area contributed by atoms with Crippen molar-refractivity contribution in [1.82, 2.24) is 4.90 Å². The first kappa shape index (κ1) is 31.1. The zero-order valence-corrected chi connectivity index (χ0v) is 25.5. The van der Waals surface area contributed by atoms with Crippen molar-refractivity contribution in [1.29, 1.82) is 0 Å². The van der Waals surface area contributed by atoms with Crippen molar-refractivity contribution in [2.24, 2.45) is 0 Å². The van der Waals surface area contributed by atoms with Crippen LogP contribution < -0.4 is 9.64 Å². The summed E-state index contributed by atoms with van der Waals surface area (Å²) in [5.41, 5.74) is 7.08. The number of aryl methyl sites for hydroxylation is 1. The first-order valence-electron chi connectivity index (χ1n) is 15.1. The number of hydrogen-bond acceptors (Lipinski definition) is 7. The number of rotatable bonds is 14. The molecule has 3 aromatic carbocycles. The van der Waals surface area contributed by atoms with Crippen LogP contribution in [0, 0.1) is 6.92 Å². The van der Waals surface area contributed by atoms with Crippen molar-refractivity contribution >= 4 is 17.6 Å². The number of carbonyl (C=O) groups is 2. The van der Waals surface area contributed by atoms with Gasteiger partial charge in [-0.15, -0.1) is 0 Å². The van der Waals surface area contributed by atoms with Crippen LogP contribution in [0.4, 0.5) is 5.69 Å². The fraction of sp³-hybridized carbons (Fsp3) is 0.429. The summed E-state index contributed by atoms with van der Waals surface area (Å²) in [5, 5.41) is 0. The van der Waals surface area contributed by atoms with Crippen LogP contribution in [0.1, 0.15) is 54.9 Å². The predicted octanol–water partition coefficient (Wildman–Crippen LogP) is 6.76. The minimum atomic E-state index is -0.298. The minimum Gasteiger partial charge on any atom is -0.489 e. The van der Waals surface area contributed by atoms with Gasteiger partial charge in [0.25, 0.3) is 0 Å². The monoisotopic (exact) mass is 572 g/mol. The molecule has 0 N–H and O–H groups in total. The molecule has 3 aromatic rings. The first-order chi connectivity index (χ1) is 20.4. The van der Waals surface area contributed by atoms with Crippen LogP contribution in [0.25, 0.3) is 22.3 Å². The number of benzene rings is 3. The van der Waals surface area contributed by atoms with Gasteiger partial charge in [-0.2, -0.15) is 0 Å². The Balaban J connectivity index is 1.52. The van der Waals surface area contributed by atoms with Crippen molar-refractivity contribution in [3.63, 3.8) is 0 Å². The number of ether oxygens (including phenoxy) is 3. The molecule has 7 heteroatoms. The Morgan fingerprint density at radius 2 is 1.52 bits per heavy atom. The Morgan fingerprint density at radius 1 is 0.810 bits per heavy atom. The zero-order chi connectivity index (χ0) is 29.9. The van der Waals surface area contributed by atoms with Gasteiger partial charge in [0, 0.05) is 30.8 Å². The molecule has 1 saturated heterocycles. The Bertz CT molecular complexity index is 1330. The normalized spacial score (nSPS) is 12.9. The van der Waals surface area contributed by atoms with Gasteiger partial charge in [-0.25, -0.2) is 4.79 Å². The highest BCUT2D eigenvalue weighted by Gasteiger charge is 2.17. The third kappa shape index (κ3) is 8.58. The van der Waals surface area contributed by atoms with Crippen molar-refractivity contribution < 1.29 is 23.8 Å². The maximum absolute atomic E-state index is 12.5. The number of esters is 2. The molecule has 0 saturated carbocycles. The van der Waals surface area contributed by atoms with E-state index in [1.54, 1.807) is 6.92 Å². The van der Waals surface area contributed by atoms with Crippen LogP contribution in [0.5, 0.6) is 5.75 Å². The number of anilines is 1. The van der Waals surface area contributed by atoms with Crippen molar-refractivity contribution in [2.75, 3.05) is 58.5 Å². The summed E-state index contributed by atoms with van der Waals surface area (Å²) in [7, 11) is 4.08. The molecule has 0 atom stereocenters. The van der Waals surface area contributed by atoms with E-state index in [0.717, 1.165) is 60.5 Å². The lowest BCUT2D eigenvalue weighted by molar-refractivity contribution is -0.143. The van der Waals surface area contributed by atoms with Crippen LogP contribution in [-0.2, 0) is 14.3 Å². The van der Waals surface area contributed by atoms with E-state index in [9.17, 15) is 9.59 Å². The van der Waals surface area contributed by atoms with Crippen molar-refractivity contribution in [2.45, 2.75) is 46.0 Å². The van der Waals surface area contributed by atoms with Crippen LogP contribution >= 0.6 is 0 Å². The standard InChI is InChI=1S/C35H44N2O5/c1-5-34(38)41-23-22-40-33-17-15-29(25-31(33)30-14-16-32(26(2)24-30)37-19-6-7-20-37)27-10-12-28(13-11-27)35(39)42-21-9-8-18-36(3)4/h10-17,24-25H,5-9,18-23H2,1-4H3. The van der Waals surface area contributed by atoms with E-state index in [1.165, 1.54) is 24.1 Å². The smallest absolute Gasteiger partial charge is 0.338 e. The van der Waals surface area contributed by atoms with Crippen LogP contribution in [-0.4, -0.2) is 70.4 Å². The lowest BCUT2D eigenvalue weighted by atomic mass is 9.96. The van der Waals surface area contributed by atoms with Crippen LogP contribution in [0.2, 0.25) is 0 Å². The first-order valence-corrected chi connectivity index (χ1v) is 15.1. The molecule has 4 rings (SSSR count). The van der Waals surface area contributed by atoms with E-state index in [0.29, 0.717) is 18.6 Å². The molecule has 7 nitrogen and oxygen atoms in total. The van der Waals surface area contributed by atoms with Crippen LogP contribution in [0.15, 0.2) is 60.7 Å². The third-order valence-corrected chi connectivity index (χ3v) is 7.51. The lowest BCUT2D eigenvalue weighted by Crippen LogP contribution is -2.18. The number of unbranched alkanes of at least 4 members (excludes halogenated alkanes) is 1. The second kappa shape index (κ2) is 15.4. The summed E-state index contributed by atoms with van der Waals surface area (Å²) in [6.07, 6.45) is 4.65. The van der Waals surface area contributed by atoms with Crippen LogP contribution in [0.3, 0.4) is 0 Å². The lowest BCUT2D eigenvalue weighted by Gasteiger charge is -2.21. The van der Waals surface area contributed by atoms with E-state index in [1.807, 2.05) is 50.5 Å². The van der Waals surface area contributed by atoms with E-state index >= 15 is 0 Å². The van der Waals surface area contributed by atoms with Crippen molar-refractivity contribution in [3.05, 3.63) is 71.8 Å². The fourth-order valence-corrected chi connectivity index (χ4v) is 5.18. The molecular weight excluding hydrogens is 528 g/mol. The molecule has 42 heavy (non-hydrogen) atoms. The maximum Gasteiger partial charge on any atom is 0.338 e. The molecule has 0 amide bonds. The van der Waals surface area contributed by atoms with Gasteiger partial charge in [0.1, 0.15) is 19.0 Å². The van der Waals surface area contributed by atoms with Gasteiger partial charge in [0.2, 0.25) is 0 Å². The molecule has 0 spiro atoms. The van der Waals surface area contributed by atoms with E-state index < -0.39 is 0 Å².